The molecule has 0 aliphatic carbocycles. The van der Waals surface area contributed by atoms with Crippen LogP contribution < -0.4 is 15.6 Å². The summed E-state index contributed by atoms with van der Waals surface area (Å²) in [5.41, 5.74) is 5.70. The minimum absolute atomic E-state index is 0.0106. The highest BCUT2D eigenvalue weighted by molar-refractivity contribution is 8.49. The lowest BCUT2D eigenvalue weighted by Gasteiger charge is -2.37. The number of amidine groups is 1. The van der Waals surface area contributed by atoms with E-state index in [1.54, 1.807) is 16.7 Å². The van der Waals surface area contributed by atoms with Crippen molar-refractivity contribution in [2.24, 2.45) is 4.95 Å². The quantitative estimate of drug-likeness (QED) is 0.0599. The van der Waals surface area contributed by atoms with Gasteiger partial charge in [-0.15, -0.1) is 16.3 Å². The Bertz CT molecular complexity index is 1860. The van der Waals surface area contributed by atoms with Crippen LogP contribution in [0.1, 0.15) is 72.6 Å². The maximum absolute atomic E-state index is 14.3. The van der Waals surface area contributed by atoms with Crippen molar-refractivity contribution in [3.8, 4) is 22.6 Å². The fourth-order valence-corrected chi connectivity index (χ4v) is 8.01. The summed E-state index contributed by atoms with van der Waals surface area (Å²) in [4.78, 5) is 44.6. The van der Waals surface area contributed by atoms with E-state index in [-0.39, 0.29) is 30.2 Å². The van der Waals surface area contributed by atoms with Crippen LogP contribution in [0.25, 0.3) is 16.8 Å². The van der Waals surface area contributed by atoms with Crippen LogP contribution in [0.3, 0.4) is 0 Å². The average molecular weight is 652 g/mol. The number of nitroso groups, excluding NO2 is 1. The Morgan fingerprint density at radius 2 is 1.93 bits per heavy atom. The Morgan fingerprint density at radius 3 is 2.63 bits per heavy atom. The van der Waals surface area contributed by atoms with E-state index in [9.17, 15) is 14.5 Å². The Balaban J connectivity index is 1.51. The number of rotatable bonds is 10. The molecular weight excluding hydrogens is 616 g/mol. The minimum atomic E-state index is -0.794. The van der Waals surface area contributed by atoms with Crippen molar-refractivity contribution in [3.63, 3.8) is 0 Å². The third-order valence-electron chi connectivity index (χ3n) is 7.90. The first-order valence-corrected chi connectivity index (χ1v) is 17.6. The van der Waals surface area contributed by atoms with Gasteiger partial charge in [0.25, 0.3) is 5.56 Å². The second kappa shape index (κ2) is 14.1. The molecule has 0 saturated carbocycles. The summed E-state index contributed by atoms with van der Waals surface area (Å²) in [6.07, 6.45) is 2.64. The van der Waals surface area contributed by atoms with Crippen LogP contribution in [0.2, 0.25) is 0 Å². The number of nitrogens with zero attached hydrogens (tertiary/aromatic N) is 3. The molecule has 2 N–H and O–H groups in total. The molecule has 234 valence electrons. The number of amides is 1. The summed E-state index contributed by atoms with van der Waals surface area (Å²) in [5.74, 6) is 0.480. The van der Waals surface area contributed by atoms with E-state index in [1.807, 2.05) is 75.4 Å². The van der Waals surface area contributed by atoms with Gasteiger partial charge in [0.1, 0.15) is 30.9 Å². The van der Waals surface area contributed by atoms with Crippen LogP contribution in [-0.2, 0) is 12.8 Å². The molecule has 0 saturated heterocycles. The third-order valence-corrected chi connectivity index (χ3v) is 10.2. The van der Waals surface area contributed by atoms with Gasteiger partial charge in [-0.3, -0.25) is 19.6 Å². The van der Waals surface area contributed by atoms with Gasteiger partial charge in [-0.05, 0) is 67.0 Å². The normalized spacial score (nSPS) is 15.3. The van der Waals surface area contributed by atoms with Crippen LogP contribution in [0.5, 0.6) is 5.75 Å². The van der Waals surface area contributed by atoms with Crippen molar-refractivity contribution in [3.05, 3.63) is 116 Å². The number of nitrogens with one attached hydrogen (secondary N) is 2. The standard InChI is InChI=1S/C34H35BN5O4PS/c1-5-8-28-26(17-21-11-13-22(14-12-21)24-9-6-7-10-25(24)31(36)38-33(35)42)32(41)40(20(2)37-28)23-15-16-29-27(18-23)30(46-45-39-43)19-34(3,4)44-29/h6-7,9-16,18,30,45H,5,8,17,19H2,1-4H3,(H2,36,38,42). The van der Waals surface area contributed by atoms with Crippen molar-refractivity contribution < 1.29 is 9.53 Å². The Kier molecular flexibility index (Phi) is 10.2. The van der Waals surface area contributed by atoms with Gasteiger partial charge < -0.3 is 10.1 Å². The fraction of sp³-hybridized carbons (Fsp3) is 0.294. The average Bonchev–Trinajstić information content (AvgIpc) is 3.01. The van der Waals surface area contributed by atoms with Crippen molar-refractivity contribution in [2.45, 2.75) is 64.2 Å². The minimum Gasteiger partial charge on any atom is -0.487 e. The van der Waals surface area contributed by atoms with E-state index in [2.05, 4.69) is 17.2 Å². The molecule has 4 aromatic rings. The SMILES string of the molecule is [B]C(=O)NC(=N)c1ccccc1-c1ccc(Cc2c(CCC)nc(C)n(-c3ccc4c(c3)C(SPN=O)CC(C)(C)O4)c2=O)cc1. The Morgan fingerprint density at radius 1 is 1.20 bits per heavy atom. The smallest absolute Gasteiger partial charge is 0.261 e. The van der Waals surface area contributed by atoms with Gasteiger partial charge in [-0.1, -0.05) is 61.9 Å². The predicted molar refractivity (Wildman–Crippen MR) is 188 cm³/mol. The van der Waals surface area contributed by atoms with Crippen molar-refractivity contribution >= 4 is 38.8 Å². The molecular formula is C34H35BN5O4PS. The Hall–Kier alpha value is -4.08. The fourth-order valence-electron chi connectivity index (χ4n) is 5.90. The molecule has 3 aromatic carbocycles. The molecule has 1 aliphatic rings. The highest BCUT2D eigenvalue weighted by atomic mass is 32.7. The molecule has 2 radical (unpaired) electrons. The maximum Gasteiger partial charge on any atom is 0.261 e. The van der Waals surface area contributed by atoms with Gasteiger partial charge in [0, 0.05) is 34.8 Å². The molecule has 5 rings (SSSR count). The first-order chi connectivity index (χ1) is 22.0. The van der Waals surface area contributed by atoms with Gasteiger partial charge in [0.05, 0.1) is 11.4 Å². The Labute approximate surface area is 275 Å². The number of benzene rings is 3. The van der Waals surface area contributed by atoms with Crippen molar-refractivity contribution in [1.29, 1.82) is 5.41 Å². The predicted octanol–water partition coefficient (Wildman–Crippen LogP) is 7.56. The van der Waals surface area contributed by atoms with Gasteiger partial charge in [0.15, 0.2) is 5.81 Å². The first kappa shape index (κ1) is 33.3. The number of fused-ring (bicyclic) bond motifs is 1. The summed E-state index contributed by atoms with van der Waals surface area (Å²) in [6, 6.07) is 20.9. The van der Waals surface area contributed by atoms with Crippen molar-refractivity contribution in [2.75, 3.05) is 0 Å². The molecule has 0 fully saturated rings. The maximum atomic E-state index is 14.3. The third kappa shape index (κ3) is 7.32. The van der Waals surface area contributed by atoms with Crippen LogP contribution >= 0.6 is 19.3 Å². The van der Waals surface area contributed by atoms with Gasteiger partial charge in [0.2, 0.25) is 7.85 Å². The van der Waals surface area contributed by atoms with E-state index < -0.39 is 5.81 Å². The monoisotopic (exact) mass is 651 g/mol. The van der Waals surface area contributed by atoms with Crippen molar-refractivity contribution in [1.82, 2.24) is 14.9 Å². The number of hydrogen-bond donors (Lipinski definition) is 2. The zero-order valence-electron chi connectivity index (χ0n) is 26.2. The van der Waals surface area contributed by atoms with E-state index in [4.69, 9.17) is 23.0 Å². The zero-order chi connectivity index (χ0) is 33.0. The highest BCUT2D eigenvalue weighted by Gasteiger charge is 2.34. The van der Waals surface area contributed by atoms with Gasteiger partial charge in [-0.2, -0.15) is 0 Å². The van der Waals surface area contributed by atoms with Crippen LogP contribution in [0, 0.1) is 17.2 Å². The summed E-state index contributed by atoms with van der Waals surface area (Å²) in [6.45, 7) is 7.98. The van der Waals surface area contributed by atoms with E-state index in [1.165, 1.54) is 11.4 Å². The summed E-state index contributed by atoms with van der Waals surface area (Å²) in [7, 11) is 5.11. The molecule has 2 heterocycles. The first-order valence-electron chi connectivity index (χ1n) is 15.0. The summed E-state index contributed by atoms with van der Waals surface area (Å²) < 4.78 is 7.92. The molecule has 12 heteroatoms. The number of aromatic nitrogens is 2. The lowest BCUT2D eigenvalue weighted by atomic mass is 9.93. The molecule has 1 aliphatic heterocycles. The summed E-state index contributed by atoms with van der Waals surface area (Å²) in [5, 5.41) is 10.6. The molecule has 1 aromatic heterocycles. The van der Waals surface area contributed by atoms with Crippen LogP contribution in [-0.4, -0.2) is 34.6 Å². The van der Waals surface area contributed by atoms with E-state index in [0.717, 1.165) is 40.1 Å². The second-order valence-electron chi connectivity index (χ2n) is 11.8. The molecule has 0 spiro atoms. The molecule has 46 heavy (non-hydrogen) atoms. The van der Waals surface area contributed by atoms with Gasteiger partial charge in [-0.25, -0.2) is 4.98 Å². The highest BCUT2D eigenvalue weighted by Crippen LogP contribution is 2.53. The van der Waals surface area contributed by atoms with Crippen LogP contribution in [0.15, 0.2) is 76.5 Å². The molecule has 1 amide bonds. The lowest BCUT2D eigenvalue weighted by molar-refractivity contribution is 0.0836. The lowest BCUT2D eigenvalue weighted by Crippen LogP contribution is -2.34. The molecule has 9 nitrogen and oxygen atoms in total. The summed E-state index contributed by atoms with van der Waals surface area (Å²) >= 11 is 1.50. The number of ether oxygens (including phenoxy) is 1. The molecule has 0 bridgehead atoms. The van der Waals surface area contributed by atoms with E-state index >= 15 is 0 Å². The number of carbonyl (C=O) groups excluding carboxylic acids is 1. The van der Waals surface area contributed by atoms with Crippen LogP contribution in [0.4, 0.5) is 4.79 Å². The molecule has 2 unspecified atom stereocenters. The van der Waals surface area contributed by atoms with Gasteiger partial charge >= 0.3 is 0 Å². The van der Waals surface area contributed by atoms with E-state index in [0.29, 0.717) is 41.9 Å². The number of aryl methyl sites for hydroxylation is 2. The number of carbonyl (C=O) groups is 1. The topological polar surface area (TPSA) is 127 Å². The number of hydrogen-bond acceptors (Lipinski definition) is 8. The largest absolute Gasteiger partial charge is 0.487 e. The second-order valence-corrected chi connectivity index (χ2v) is 14.3. The zero-order valence-corrected chi connectivity index (χ0v) is 28.0. The molecule has 2 atom stereocenters.